The van der Waals surface area contributed by atoms with Crippen LogP contribution in [0.3, 0.4) is 0 Å². The zero-order valence-corrected chi connectivity index (χ0v) is 17.8. The topological polar surface area (TPSA) is 87.4 Å². The molecule has 168 valence electrons. The summed E-state index contributed by atoms with van der Waals surface area (Å²) < 4.78 is 43.8. The molecule has 2 aromatic carbocycles. The molecule has 0 spiro atoms. The van der Waals surface area contributed by atoms with E-state index in [4.69, 9.17) is 11.6 Å². The number of aromatic hydroxyl groups is 1. The summed E-state index contributed by atoms with van der Waals surface area (Å²) in [4.78, 5) is 12.4. The zero-order chi connectivity index (χ0) is 23.4. The summed E-state index contributed by atoms with van der Waals surface area (Å²) in [6.45, 7) is 1.56. The summed E-state index contributed by atoms with van der Waals surface area (Å²) >= 11 is 6.03. The van der Waals surface area contributed by atoms with Crippen LogP contribution in [0.2, 0.25) is 5.02 Å². The van der Waals surface area contributed by atoms with E-state index < -0.39 is 29.8 Å². The maximum Gasteiger partial charge on any atom is 0.419 e. The van der Waals surface area contributed by atoms with E-state index in [0.29, 0.717) is 10.9 Å². The lowest BCUT2D eigenvalue weighted by Gasteiger charge is -2.44. The van der Waals surface area contributed by atoms with E-state index >= 15 is 0 Å². The van der Waals surface area contributed by atoms with Gasteiger partial charge in [0.2, 0.25) is 0 Å². The van der Waals surface area contributed by atoms with Crippen molar-refractivity contribution in [2.45, 2.75) is 31.2 Å². The first-order valence-corrected chi connectivity index (χ1v) is 10.0. The van der Waals surface area contributed by atoms with Gasteiger partial charge in [-0.2, -0.15) is 18.3 Å². The highest BCUT2D eigenvalue weighted by atomic mass is 35.5. The molecule has 1 aliphatic carbocycles. The van der Waals surface area contributed by atoms with Crippen LogP contribution >= 0.6 is 11.6 Å². The predicted octanol–water partition coefficient (Wildman–Crippen LogP) is 4.55. The number of anilines is 1. The highest BCUT2D eigenvalue weighted by Gasteiger charge is 2.61. The monoisotopic (exact) mass is 465 g/mol. The lowest BCUT2D eigenvalue weighted by atomic mass is 9.73. The molecule has 0 aliphatic heterocycles. The maximum absolute atomic E-state index is 14.2. The second-order valence-electron chi connectivity index (χ2n) is 7.72. The molecule has 1 aliphatic rings. The number of nitrogens with one attached hydrogen (secondary N) is 1. The van der Waals surface area contributed by atoms with E-state index in [1.54, 1.807) is 13.0 Å². The van der Waals surface area contributed by atoms with Gasteiger partial charge in [-0.1, -0.05) is 23.7 Å². The molecule has 32 heavy (non-hydrogen) atoms. The number of hydrogen-bond donors (Lipinski definition) is 3. The first kappa shape index (κ1) is 22.2. The van der Waals surface area contributed by atoms with Crippen LogP contribution in [0.15, 0.2) is 47.4 Å². The molecule has 0 fully saturated rings. The molecule has 0 bridgehead atoms. The average molecular weight is 466 g/mol. The SMILES string of the molecule is CC=C1C[C@](O)(C(F)(F)F)[C@H](Nc2cccc3c(=O)n(C)ncc23)c2cc(Cl)c(O)cc21. The van der Waals surface area contributed by atoms with Gasteiger partial charge in [0.1, 0.15) is 5.75 Å². The Kier molecular flexibility index (Phi) is 5.21. The fourth-order valence-electron chi connectivity index (χ4n) is 4.10. The summed E-state index contributed by atoms with van der Waals surface area (Å²) in [6.07, 6.45) is -2.90. The Hall–Kier alpha value is -3.04. The average Bonchev–Trinajstić information content (AvgIpc) is 2.73. The van der Waals surface area contributed by atoms with Crippen molar-refractivity contribution in [1.82, 2.24) is 9.78 Å². The van der Waals surface area contributed by atoms with Gasteiger partial charge in [0.25, 0.3) is 5.56 Å². The Balaban J connectivity index is 1.97. The Morgan fingerprint density at radius 2 is 2.03 bits per heavy atom. The van der Waals surface area contributed by atoms with E-state index in [0.717, 1.165) is 4.68 Å². The minimum Gasteiger partial charge on any atom is -0.506 e. The van der Waals surface area contributed by atoms with E-state index in [1.807, 2.05) is 0 Å². The van der Waals surface area contributed by atoms with Crippen molar-refractivity contribution in [3.8, 4) is 5.75 Å². The fraction of sp³-hybridized carbons (Fsp3) is 0.273. The number of alkyl halides is 3. The van der Waals surface area contributed by atoms with Gasteiger partial charge in [-0.05, 0) is 47.9 Å². The molecule has 10 heteroatoms. The van der Waals surface area contributed by atoms with Crippen molar-refractivity contribution in [3.05, 3.63) is 69.1 Å². The minimum atomic E-state index is -5.00. The fourth-order valence-corrected chi connectivity index (χ4v) is 4.27. The smallest absolute Gasteiger partial charge is 0.419 e. The number of phenolic OH excluding ortho intramolecular Hbond substituents is 1. The molecule has 1 aromatic heterocycles. The van der Waals surface area contributed by atoms with Crippen LogP contribution in [0, 0.1) is 0 Å². The molecular formula is C22H19ClF3N3O3. The van der Waals surface area contributed by atoms with Gasteiger partial charge in [-0.15, -0.1) is 0 Å². The second kappa shape index (κ2) is 7.53. The Morgan fingerprint density at radius 3 is 2.69 bits per heavy atom. The quantitative estimate of drug-likeness (QED) is 0.517. The Labute approximate surface area is 185 Å². The maximum atomic E-state index is 14.2. The van der Waals surface area contributed by atoms with Crippen LogP contribution in [0.5, 0.6) is 5.75 Å². The molecule has 0 amide bonds. The van der Waals surface area contributed by atoms with Crippen LogP contribution in [-0.4, -0.2) is 31.8 Å². The third-order valence-electron chi connectivity index (χ3n) is 5.84. The molecule has 1 heterocycles. The largest absolute Gasteiger partial charge is 0.506 e. The molecule has 0 saturated carbocycles. The van der Waals surface area contributed by atoms with Crippen LogP contribution < -0.4 is 10.9 Å². The van der Waals surface area contributed by atoms with Crippen molar-refractivity contribution in [2.75, 3.05) is 5.32 Å². The van der Waals surface area contributed by atoms with Crippen molar-refractivity contribution in [2.24, 2.45) is 7.05 Å². The summed E-state index contributed by atoms with van der Waals surface area (Å²) in [7, 11) is 1.47. The Morgan fingerprint density at radius 1 is 1.31 bits per heavy atom. The molecule has 0 radical (unpaired) electrons. The molecule has 0 unspecified atom stereocenters. The van der Waals surface area contributed by atoms with E-state index in [9.17, 15) is 28.2 Å². The van der Waals surface area contributed by atoms with Gasteiger partial charge in [-0.3, -0.25) is 4.79 Å². The Bertz CT molecular complexity index is 1320. The number of benzene rings is 2. The third-order valence-corrected chi connectivity index (χ3v) is 6.15. The highest BCUT2D eigenvalue weighted by molar-refractivity contribution is 6.32. The van der Waals surface area contributed by atoms with E-state index in [-0.39, 0.29) is 33.0 Å². The number of phenols is 1. The van der Waals surface area contributed by atoms with Crippen molar-refractivity contribution >= 4 is 33.6 Å². The molecule has 4 rings (SSSR count). The van der Waals surface area contributed by atoms with Crippen molar-refractivity contribution in [1.29, 1.82) is 0 Å². The van der Waals surface area contributed by atoms with Gasteiger partial charge >= 0.3 is 6.18 Å². The predicted molar refractivity (Wildman–Crippen MR) is 116 cm³/mol. The van der Waals surface area contributed by atoms with Crippen LogP contribution in [0.25, 0.3) is 16.3 Å². The number of aromatic nitrogens is 2. The van der Waals surface area contributed by atoms with E-state index in [1.165, 1.54) is 43.6 Å². The zero-order valence-electron chi connectivity index (χ0n) is 17.0. The molecule has 3 N–H and O–H groups in total. The van der Waals surface area contributed by atoms with Gasteiger partial charge in [0.05, 0.1) is 22.6 Å². The highest BCUT2D eigenvalue weighted by Crippen LogP contribution is 2.53. The summed E-state index contributed by atoms with van der Waals surface area (Å²) in [5.74, 6) is -0.279. The normalized spacial score (nSPS) is 22.2. The molecular weight excluding hydrogens is 447 g/mol. The van der Waals surface area contributed by atoms with Crippen LogP contribution in [0.1, 0.15) is 30.5 Å². The number of nitrogens with zero attached hydrogens (tertiary/aromatic N) is 2. The van der Waals surface area contributed by atoms with E-state index in [2.05, 4.69) is 10.4 Å². The van der Waals surface area contributed by atoms with Gasteiger partial charge in [-0.25, -0.2) is 4.68 Å². The van der Waals surface area contributed by atoms with Gasteiger partial charge in [0.15, 0.2) is 5.60 Å². The first-order valence-electron chi connectivity index (χ1n) is 9.66. The first-order chi connectivity index (χ1) is 15.0. The lowest BCUT2D eigenvalue weighted by Crippen LogP contribution is -2.54. The van der Waals surface area contributed by atoms with Gasteiger partial charge < -0.3 is 15.5 Å². The lowest BCUT2D eigenvalue weighted by molar-refractivity contribution is -0.265. The molecule has 3 aromatic rings. The minimum absolute atomic E-state index is 0.0702. The summed E-state index contributed by atoms with van der Waals surface area (Å²) in [6, 6.07) is 5.41. The number of halogens is 4. The number of aliphatic hydroxyl groups is 1. The number of aryl methyl sites for hydroxylation is 1. The van der Waals surface area contributed by atoms with Crippen LogP contribution in [-0.2, 0) is 7.05 Å². The number of rotatable bonds is 2. The standard InChI is InChI=1S/C22H19ClF3N3O3/c1-3-11-9-21(32,22(24,25)26)19(14-7-16(23)18(30)8-13(11)14)28-17-6-4-5-12-15(17)10-27-29(2)20(12)31/h3-8,10,19,28,30,32H,9H2,1-2H3/t19-,21-/m1/s1. The van der Waals surface area contributed by atoms with Crippen molar-refractivity contribution in [3.63, 3.8) is 0 Å². The third kappa shape index (κ3) is 3.32. The number of fused-ring (bicyclic) bond motifs is 2. The van der Waals surface area contributed by atoms with Gasteiger partial charge in [0, 0.05) is 24.5 Å². The second-order valence-corrected chi connectivity index (χ2v) is 8.13. The molecule has 2 atom stereocenters. The van der Waals surface area contributed by atoms with Crippen molar-refractivity contribution < 1.29 is 23.4 Å². The number of hydrogen-bond acceptors (Lipinski definition) is 5. The molecule has 6 nitrogen and oxygen atoms in total. The molecule has 0 saturated heterocycles. The number of allylic oxidation sites excluding steroid dienone is 1. The van der Waals surface area contributed by atoms with Crippen LogP contribution in [0.4, 0.5) is 18.9 Å². The summed E-state index contributed by atoms with van der Waals surface area (Å²) in [5.41, 5.74) is -2.77. The summed E-state index contributed by atoms with van der Waals surface area (Å²) in [5, 5.41) is 28.2.